The van der Waals surface area contributed by atoms with Gasteiger partial charge in [0.1, 0.15) is 5.82 Å². The normalized spacial score (nSPS) is 20.1. The molecule has 0 bridgehead atoms. The summed E-state index contributed by atoms with van der Waals surface area (Å²) in [4.78, 5) is 18.7. The minimum atomic E-state index is -0.245. The number of hydrogen-bond acceptors (Lipinski definition) is 2. The maximum atomic E-state index is 13.5. The Balaban J connectivity index is 1.85. The molecule has 4 heteroatoms. The van der Waals surface area contributed by atoms with Gasteiger partial charge in [0.15, 0.2) is 0 Å². The van der Waals surface area contributed by atoms with Crippen LogP contribution in [0, 0.1) is 5.82 Å². The first kappa shape index (κ1) is 11.6. The van der Waals surface area contributed by atoms with Gasteiger partial charge in [-0.25, -0.2) is 4.39 Å². The highest BCUT2D eigenvalue weighted by Crippen LogP contribution is 2.37. The van der Waals surface area contributed by atoms with Gasteiger partial charge >= 0.3 is 0 Å². The van der Waals surface area contributed by atoms with Gasteiger partial charge in [0.2, 0.25) is 0 Å². The van der Waals surface area contributed by atoms with E-state index < -0.39 is 0 Å². The Morgan fingerprint density at radius 1 is 1.30 bits per heavy atom. The van der Waals surface area contributed by atoms with Gasteiger partial charge in [-0.2, -0.15) is 0 Å². The van der Waals surface area contributed by atoms with Gasteiger partial charge in [-0.3, -0.25) is 9.78 Å². The van der Waals surface area contributed by atoms with Crippen molar-refractivity contribution in [3.63, 3.8) is 0 Å². The van der Waals surface area contributed by atoms with Crippen LogP contribution in [-0.4, -0.2) is 22.3 Å². The minimum absolute atomic E-state index is 0.0132. The zero-order valence-electron chi connectivity index (χ0n) is 10.8. The lowest BCUT2D eigenvalue weighted by molar-refractivity contribution is 0.0628. The molecule has 0 aliphatic carbocycles. The lowest BCUT2D eigenvalue weighted by Crippen LogP contribution is -2.44. The third-order valence-corrected chi connectivity index (χ3v) is 4.23. The summed E-state index contributed by atoms with van der Waals surface area (Å²) < 4.78 is 13.5. The van der Waals surface area contributed by atoms with Crippen molar-refractivity contribution in [3.05, 3.63) is 64.7 Å². The van der Waals surface area contributed by atoms with E-state index in [1.165, 1.54) is 6.07 Å². The van der Waals surface area contributed by atoms with Crippen LogP contribution in [0.15, 0.2) is 36.5 Å². The molecule has 2 aromatic rings. The second-order valence-electron chi connectivity index (χ2n) is 5.31. The van der Waals surface area contributed by atoms with Crippen molar-refractivity contribution in [2.75, 3.05) is 6.54 Å². The largest absolute Gasteiger partial charge is 0.331 e. The Bertz CT molecular complexity index is 713. The molecule has 2 aliphatic rings. The number of carbonyl (C=O) groups is 1. The average Bonchev–Trinajstić information content (AvgIpc) is 2.47. The van der Waals surface area contributed by atoms with Gasteiger partial charge < -0.3 is 4.90 Å². The van der Waals surface area contributed by atoms with Gasteiger partial charge in [-0.15, -0.1) is 0 Å². The van der Waals surface area contributed by atoms with Crippen LogP contribution >= 0.6 is 0 Å². The molecule has 1 atom stereocenters. The van der Waals surface area contributed by atoms with Crippen LogP contribution < -0.4 is 0 Å². The first-order valence-electron chi connectivity index (χ1n) is 6.77. The monoisotopic (exact) mass is 268 g/mol. The van der Waals surface area contributed by atoms with Crippen LogP contribution in [-0.2, 0) is 12.8 Å². The zero-order valence-corrected chi connectivity index (χ0v) is 10.8. The fourth-order valence-electron chi connectivity index (χ4n) is 3.26. The SMILES string of the molecule is O=C1c2cccnc2CC2c3cc(F)ccc3CCN12. The molecule has 2 aliphatic heterocycles. The number of benzene rings is 1. The standard InChI is InChI=1S/C16H13FN2O/c17-11-4-3-10-5-7-19-15(13(10)8-11)9-14-12(16(19)20)2-1-6-18-14/h1-4,6,8,15H,5,7,9H2. The number of rotatable bonds is 0. The first-order valence-corrected chi connectivity index (χ1v) is 6.77. The van der Waals surface area contributed by atoms with E-state index in [1.54, 1.807) is 18.3 Å². The van der Waals surface area contributed by atoms with Gasteiger partial charge in [0.05, 0.1) is 17.3 Å². The van der Waals surface area contributed by atoms with E-state index in [1.807, 2.05) is 17.0 Å². The molecule has 0 spiro atoms. The molecule has 0 fully saturated rings. The summed E-state index contributed by atoms with van der Waals surface area (Å²) in [6.07, 6.45) is 3.16. The highest BCUT2D eigenvalue weighted by Gasteiger charge is 2.37. The van der Waals surface area contributed by atoms with Crippen LogP contribution in [0.3, 0.4) is 0 Å². The van der Waals surface area contributed by atoms with E-state index in [0.29, 0.717) is 18.5 Å². The Labute approximate surface area is 116 Å². The van der Waals surface area contributed by atoms with Crippen molar-refractivity contribution in [1.82, 2.24) is 9.88 Å². The van der Waals surface area contributed by atoms with Crippen molar-refractivity contribution in [2.24, 2.45) is 0 Å². The number of halogens is 1. The molecule has 1 amide bonds. The number of pyridine rings is 1. The summed E-state index contributed by atoms with van der Waals surface area (Å²) in [5, 5.41) is 0. The predicted octanol–water partition coefficient (Wildman–Crippen LogP) is 2.52. The molecular weight excluding hydrogens is 255 g/mol. The number of nitrogens with zero attached hydrogens (tertiary/aromatic N) is 2. The van der Waals surface area contributed by atoms with Crippen LogP contribution in [0.25, 0.3) is 0 Å². The highest BCUT2D eigenvalue weighted by atomic mass is 19.1. The maximum absolute atomic E-state index is 13.5. The second kappa shape index (κ2) is 4.13. The predicted molar refractivity (Wildman–Crippen MR) is 71.8 cm³/mol. The summed E-state index contributed by atoms with van der Waals surface area (Å²) in [7, 11) is 0. The number of fused-ring (bicyclic) bond motifs is 4. The fourth-order valence-corrected chi connectivity index (χ4v) is 3.26. The summed E-state index contributed by atoms with van der Waals surface area (Å²) >= 11 is 0. The molecular formula is C16H13FN2O. The summed E-state index contributed by atoms with van der Waals surface area (Å²) in [5.41, 5.74) is 3.57. The van der Waals surface area contributed by atoms with E-state index in [-0.39, 0.29) is 17.8 Å². The van der Waals surface area contributed by atoms with E-state index in [9.17, 15) is 9.18 Å². The van der Waals surface area contributed by atoms with Gasteiger partial charge in [-0.05, 0) is 41.8 Å². The molecule has 100 valence electrons. The van der Waals surface area contributed by atoms with E-state index in [2.05, 4.69) is 4.98 Å². The van der Waals surface area contributed by atoms with Gasteiger partial charge in [-0.1, -0.05) is 6.07 Å². The zero-order chi connectivity index (χ0) is 13.7. The van der Waals surface area contributed by atoms with E-state index in [4.69, 9.17) is 0 Å². The van der Waals surface area contributed by atoms with Crippen molar-refractivity contribution < 1.29 is 9.18 Å². The first-order chi connectivity index (χ1) is 9.74. The van der Waals surface area contributed by atoms with E-state index >= 15 is 0 Å². The van der Waals surface area contributed by atoms with Crippen molar-refractivity contribution in [1.29, 1.82) is 0 Å². The molecule has 1 aromatic carbocycles. The molecule has 0 N–H and O–H groups in total. The number of amides is 1. The Kier molecular flexibility index (Phi) is 2.39. The molecule has 1 unspecified atom stereocenters. The summed E-state index contributed by atoms with van der Waals surface area (Å²) in [5.74, 6) is -0.232. The Morgan fingerprint density at radius 3 is 3.10 bits per heavy atom. The quantitative estimate of drug-likeness (QED) is 0.735. The summed E-state index contributed by atoms with van der Waals surface area (Å²) in [6, 6.07) is 8.42. The molecule has 0 saturated heterocycles. The van der Waals surface area contributed by atoms with Crippen molar-refractivity contribution in [2.45, 2.75) is 18.9 Å². The van der Waals surface area contributed by atoms with Crippen molar-refractivity contribution >= 4 is 5.91 Å². The Morgan fingerprint density at radius 2 is 2.20 bits per heavy atom. The Hall–Kier alpha value is -2.23. The smallest absolute Gasteiger partial charge is 0.256 e. The number of carbonyl (C=O) groups excluding carboxylic acids is 1. The average molecular weight is 268 g/mol. The number of hydrogen-bond donors (Lipinski definition) is 0. The highest BCUT2D eigenvalue weighted by molar-refractivity contribution is 5.96. The third-order valence-electron chi connectivity index (χ3n) is 4.23. The molecule has 20 heavy (non-hydrogen) atoms. The third kappa shape index (κ3) is 1.57. The molecule has 4 rings (SSSR count). The fraction of sp³-hybridized carbons (Fsp3) is 0.250. The second-order valence-corrected chi connectivity index (χ2v) is 5.31. The minimum Gasteiger partial charge on any atom is -0.331 e. The van der Waals surface area contributed by atoms with E-state index in [0.717, 1.165) is 23.2 Å². The van der Waals surface area contributed by atoms with Crippen LogP contribution in [0.2, 0.25) is 0 Å². The van der Waals surface area contributed by atoms with Crippen LogP contribution in [0.1, 0.15) is 33.2 Å². The molecule has 3 nitrogen and oxygen atoms in total. The lowest BCUT2D eigenvalue weighted by atomic mass is 9.85. The van der Waals surface area contributed by atoms with Crippen molar-refractivity contribution in [3.8, 4) is 0 Å². The van der Waals surface area contributed by atoms with Gasteiger partial charge in [0.25, 0.3) is 5.91 Å². The summed E-state index contributed by atoms with van der Waals surface area (Å²) in [6.45, 7) is 0.691. The molecule has 1 aromatic heterocycles. The van der Waals surface area contributed by atoms with Gasteiger partial charge in [0, 0.05) is 19.2 Å². The maximum Gasteiger partial charge on any atom is 0.256 e. The molecule has 0 radical (unpaired) electrons. The lowest BCUT2D eigenvalue weighted by Gasteiger charge is -2.40. The number of aromatic nitrogens is 1. The molecule has 0 saturated carbocycles. The topological polar surface area (TPSA) is 33.2 Å². The van der Waals surface area contributed by atoms with Crippen LogP contribution in [0.5, 0.6) is 0 Å². The molecule has 3 heterocycles. The van der Waals surface area contributed by atoms with Crippen LogP contribution in [0.4, 0.5) is 4.39 Å².